The minimum atomic E-state index is -1.35. The van der Waals surface area contributed by atoms with Gasteiger partial charge < -0.3 is 5.11 Å². The Hall–Kier alpha value is -1.62. The SMILES string of the molecule is C=CC(C=C)C(O)(Cn1cncn1)c1ccc(Cl)cc1Cl. The molecule has 2 rings (SSSR count). The molecule has 4 nitrogen and oxygen atoms in total. The molecule has 0 amide bonds. The molecular weight excluding hydrogens is 309 g/mol. The maximum atomic E-state index is 11.2. The molecule has 1 N–H and O–H groups in total. The van der Waals surface area contributed by atoms with E-state index in [4.69, 9.17) is 23.2 Å². The van der Waals surface area contributed by atoms with Gasteiger partial charge in [0.1, 0.15) is 18.3 Å². The van der Waals surface area contributed by atoms with Crippen LogP contribution in [0.1, 0.15) is 5.56 Å². The van der Waals surface area contributed by atoms with Gasteiger partial charge in [-0.1, -0.05) is 41.4 Å². The van der Waals surface area contributed by atoms with Crippen LogP contribution in [-0.4, -0.2) is 19.9 Å². The van der Waals surface area contributed by atoms with Crippen LogP contribution in [0.4, 0.5) is 0 Å². The summed E-state index contributed by atoms with van der Waals surface area (Å²) in [6, 6.07) is 4.97. The molecule has 0 saturated heterocycles. The van der Waals surface area contributed by atoms with Crippen LogP contribution in [0.25, 0.3) is 0 Å². The second kappa shape index (κ2) is 6.43. The van der Waals surface area contributed by atoms with Crippen molar-refractivity contribution in [1.82, 2.24) is 14.8 Å². The molecule has 0 aliphatic carbocycles. The molecule has 21 heavy (non-hydrogen) atoms. The van der Waals surface area contributed by atoms with Crippen LogP contribution in [0.15, 0.2) is 56.2 Å². The van der Waals surface area contributed by atoms with Crippen molar-refractivity contribution in [3.8, 4) is 0 Å². The number of hydrogen-bond donors (Lipinski definition) is 1. The first-order valence-electron chi connectivity index (χ1n) is 6.26. The van der Waals surface area contributed by atoms with Gasteiger partial charge in [0.2, 0.25) is 0 Å². The molecule has 0 spiro atoms. The summed E-state index contributed by atoms with van der Waals surface area (Å²) in [4.78, 5) is 3.88. The fourth-order valence-corrected chi connectivity index (χ4v) is 2.83. The third kappa shape index (κ3) is 3.18. The van der Waals surface area contributed by atoms with Gasteiger partial charge in [-0.3, -0.25) is 0 Å². The first-order chi connectivity index (χ1) is 10.0. The molecule has 1 unspecified atom stereocenters. The first-order valence-corrected chi connectivity index (χ1v) is 7.02. The van der Waals surface area contributed by atoms with Crippen LogP contribution in [0, 0.1) is 5.92 Å². The van der Waals surface area contributed by atoms with E-state index < -0.39 is 11.5 Å². The quantitative estimate of drug-likeness (QED) is 0.828. The number of hydrogen-bond acceptors (Lipinski definition) is 3. The predicted octanol–water partition coefficient (Wildman–Crippen LogP) is 3.46. The molecule has 1 atom stereocenters. The number of rotatable bonds is 6. The average Bonchev–Trinajstić information content (AvgIpc) is 2.92. The van der Waals surface area contributed by atoms with Crippen molar-refractivity contribution >= 4 is 23.2 Å². The van der Waals surface area contributed by atoms with Crippen molar-refractivity contribution < 1.29 is 5.11 Å². The van der Waals surface area contributed by atoms with E-state index >= 15 is 0 Å². The standard InChI is InChI=1S/C15H15Cl2N3O/c1-3-11(4-2)15(21,8-20-10-18-9-19-20)13-6-5-12(16)7-14(13)17/h3-7,9-11,21H,1-2,8H2. The average molecular weight is 324 g/mol. The molecule has 0 fully saturated rings. The Morgan fingerprint density at radius 2 is 2.05 bits per heavy atom. The van der Waals surface area contributed by atoms with Gasteiger partial charge in [0.15, 0.2) is 0 Å². The normalized spacial score (nSPS) is 13.9. The summed E-state index contributed by atoms with van der Waals surface area (Å²) in [7, 11) is 0. The Morgan fingerprint density at radius 1 is 1.33 bits per heavy atom. The molecule has 1 heterocycles. The zero-order chi connectivity index (χ0) is 15.5. The molecule has 0 bridgehead atoms. The highest BCUT2D eigenvalue weighted by Crippen LogP contribution is 2.38. The Morgan fingerprint density at radius 3 is 2.57 bits per heavy atom. The Balaban J connectivity index is 2.53. The zero-order valence-corrected chi connectivity index (χ0v) is 12.8. The number of aliphatic hydroxyl groups is 1. The highest BCUT2D eigenvalue weighted by Gasteiger charge is 2.37. The monoisotopic (exact) mass is 323 g/mol. The van der Waals surface area contributed by atoms with Crippen molar-refractivity contribution in [1.29, 1.82) is 0 Å². The Labute approximate surface area is 133 Å². The molecule has 1 aromatic heterocycles. The first kappa shape index (κ1) is 15.8. The lowest BCUT2D eigenvalue weighted by Gasteiger charge is -2.34. The van der Waals surface area contributed by atoms with Crippen molar-refractivity contribution in [3.05, 3.63) is 71.8 Å². The highest BCUT2D eigenvalue weighted by atomic mass is 35.5. The van der Waals surface area contributed by atoms with Crippen LogP contribution >= 0.6 is 23.2 Å². The van der Waals surface area contributed by atoms with Crippen LogP contribution in [0.2, 0.25) is 10.0 Å². The summed E-state index contributed by atoms with van der Waals surface area (Å²) in [5, 5.41) is 16.1. The molecule has 0 saturated carbocycles. The summed E-state index contributed by atoms with van der Waals surface area (Å²) in [5.74, 6) is -0.416. The van der Waals surface area contributed by atoms with Gasteiger partial charge in [0.05, 0.1) is 6.54 Å². The van der Waals surface area contributed by atoms with Crippen LogP contribution in [0.5, 0.6) is 0 Å². The minimum absolute atomic E-state index is 0.164. The summed E-state index contributed by atoms with van der Waals surface area (Å²) >= 11 is 12.2. The summed E-state index contributed by atoms with van der Waals surface area (Å²) in [5.41, 5.74) is -0.812. The van der Waals surface area contributed by atoms with Gasteiger partial charge in [-0.15, -0.1) is 13.2 Å². The van der Waals surface area contributed by atoms with Crippen molar-refractivity contribution in [3.63, 3.8) is 0 Å². The highest BCUT2D eigenvalue weighted by molar-refractivity contribution is 6.35. The fourth-order valence-electron chi connectivity index (χ4n) is 2.26. The Kier molecular flexibility index (Phi) is 4.83. The van der Waals surface area contributed by atoms with Gasteiger partial charge in [-0.25, -0.2) is 9.67 Å². The Bertz CT molecular complexity index is 634. The molecule has 0 aliphatic heterocycles. The van der Waals surface area contributed by atoms with E-state index in [1.807, 2.05) is 0 Å². The molecule has 2 aromatic rings. The van der Waals surface area contributed by atoms with Gasteiger partial charge in [-0.2, -0.15) is 5.10 Å². The number of aromatic nitrogens is 3. The minimum Gasteiger partial charge on any atom is -0.382 e. The van der Waals surface area contributed by atoms with E-state index in [-0.39, 0.29) is 6.54 Å². The van der Waals surface area contributed by atoms with Gasteiger partial charge in [-0.05, 0) is 12.1 Å². The smallest absolute Gasteiger partial charge is 0.137 e. The molecule has 110 valence electrons. The van der Waals surface area contributed by atoms with Crippen LogP contribution in [-0.2, 0) is 12.1 Å². The molecule has 0 radical (unpaired) electrons. The van der Waals surface area contributed by atoms with Crippen molar-refractivity contribution in [2.45, 2.75) is 12.1 Å². The van der Waals surface area contributed by atoms with Gasteiger partial charge >= 0.3 is 0 Å². The van der Waals surface area contributed by atoms with Crippen LogP contribution in [0.3, 0.4) is 0 Å². The van der Waals surface area contributed by atoms with Gasteiger partial charge in [0.25, 0.3) is 0 Å². The number of halogens is 2. The van der Waals surface area contributed by atoms with Crippen LogP contribution < -0.4 is 0 Å². The largest absolute Gasteiger partial charge is 0.382 e. The summed E-state index contributed by atoms with van der Waals surface area (Å²) in [6.07, 6.45) is 6.17. The van der Waals surface area contributed by atoms with E-state index in [2.05, 4.69) is 23.2 Å². The second-order valence-electron chi connectivity index (χ2n) is 4.64. The second-order valence-corrected chi connectivity index (χ2v) is 5.48. The van der Waals surface area contributed by atoms with E-state index in [9.17, 15) is 5.11 Å². The lowest BCUT2D eigenvalue weighted by molar-refractivity contribution is -0.00954. The molecular formula is C15H15Cl2N3O. The van der Waals surface area contributed by atoms with E-state index in [0.29, 0.717) is 15.6 Å². The topological polar surface area (TPSA) is 50.9 Å². The number of nitrogens with zero attached hydrogens (tertiary/aromatic N) is 3. The third-order valence-corrected chi connectivity index (χ3v) is 3.87. The fraction of sp³-hybridized carbons (Fsp3) is 0.200. The third-order valence-electron chi connectivity index (χ3n) is 3.33. The maximum absolute atomic E-state index is 11.2. The predicted molar refractivity (Wildman–Crippen MR) is 84.3 cm³/mol. The van der Waals surface area contributed by atoms with Crippen molar-refractivity contribution in [2.75, 3.05) is 0 Å². The number of benzene rings is 1. The maximum Gasteiger partial charge on any atom is 0.137 e. The summed E-state index contributed by atoms with van der Waals surface area (Å²) < 4.78 is 1.53. The lowest BCUT2D eigenvalue weighted by Crippen LogP contribution is -2.38. The van der Waals surface area contributed by atoms with E-state index in [1.54, 1.807) is 30.4 Å². The lowest BCUT2D eigenvalue weighted by atomic mass is 9.81. The molecule has 0 aliphatic rings. The van der Waals surface area contributed by atoms with E-state index in [1.165, 1.54) is 17.3 Å². The van der Waals surface area contributed by atoms with Crippen molar-refractivity contribution in [2.24, 2.45) is 5.92 Å². The molecule has 1 aromatic carbocycles. The summed E-state index contributed by atoms with van der Waals surface area (Å²) in [6.45, 7) is 7.67. The zero-order valence-electron chi connectivity index (χ0n) is 11.3. The van der Waals surface area contributed by atoms with Gasteiger partial charge in [0, 0.05) is 21.5 Å². The molecule has 6 heteroatoms. The van der Waals surface area contributed by atoms with E-state index in [0.717, 1.165) is 0 Å².